The Hall–Kier alpha value is -2.73. The van der Waals surface area contributed by atoms with Crippen molar-refractivity contribution in [3.8, 4) is 11.5 Å². The Balaban J connectivity index is 1.58. The molecule has 0 aromatic heterocycles. The van der Waals surface area contributed by atoms with Gasteiger partial charge in [-0.25, -0.2) is 0 Å². The molecule has 1 aliphatic heterocycles. The Kier molecular flexibility index (Phi) is 6.64. The largest absolute Gasteiger partial charge is 0.493 e. The summed E-state index contributed by atoms with van der Waals surface area (Å²) in [6, 6.07) is 11.1. The Morgan fingerprint density at radius 3 is 2.66 bits per heavy atom. The molecule has 0 saturated carbocycles. The van der Waals surface area contributed by atoms with E-state index in [4.69, 9.17) is 21.1 Å². The number of anilines is 1. The first-order chi connectivity index (χ1) is 13.9. The number of hydrogen-bond acceptors (Lipinski definition) is 4. The lowest BCUT2D eigenvalue weighted by atomic mass is 10.1. The van der Waals surface area contributed by atoms with Crippen LogP contribution in [-0.2, 0) is 16.0 Å². The fourth-order valence-corrected chi connectivity index (χ4v) is 3.60. The van der Waals surface area contributed by atoms with Gasteiger partial charge in [-0.1, -0.05) is 23.7 Å². The second-order valence-corrected chi connectivity index (χ2v) is 7.57. The number of ether oxygens (including phenoxy) is 2. The van der Waals surface area contributed by atoms with Crippen molar-refractivity contribution in [1.29, 1.82) is 0 Å². The van der Waals surface area contributed by atoms with Crippen molar-refractivity contribution < 1.29 is 19.1 Å². The lowest BCUT2D eigenvalue weighted by Gasteiger charge is -2.17. The molecule has 1 saturated heterocycles. The molecule has 1 aliphatic rings. The molecule has 1 fully saturated rings. The lowest BCUT2D eigenvalue weighted by molar-refractivity contribution is -0.128. The molecule has 1 unspecified atom stereocenters. The first-order valence-corrected chi connectivity index (χ1v) is 9.84. The van der Waals surface area contributed by atoms with Gasteiger partial charge in [0.05, 0.1) is 20.1 Å². The van der Waals surface area contributed by atoms with E-state index in [9.17, 15) is 9.59 Å². The summed E-state index contributed by atoms with van der Waals surface area (Å²) in [4.78, 5) is 26.8. The first-order valence-electron chi connectivity index (χ1n) is 9.47. The molecule has 29 heavy (non-hydrogen) atoms. The van der Waals surface area contributed by atoms with Crippen LogP contribution < -0.4 is 14.8 Å². The van der Waals surface area contributed by atoms with E-state index in [0.29, 0.717) is 41.7 Å². The molecule has 0 radical (unpaired) electrons. The van der Waals surface area contributed by atoms with Gasteiger partial charge in [0.2, 0.25) is 11.8 Å². The van der Waals surface area contributed by atoms with Gasteiger partial charge in [-0.15, -0.1) is 0 Å². The number of hydrogen-bond donors (Lipinski definition) is 1. The lowest BCUT2D eigenvalue weighted by Crippen LogP contribution is -2.30. The molecule has 1 N–H and O–H groups in total. The van der Waals surface area contributed by atoms with E-state index in [1.165, 1.54) is 0 Å². The van der Waals surface area contributed by atoms with Gasteiger partial charge in [0.1, 0.15) is 0 Å². The summed E-state index contributed by atoms with van der Waals surface area (Å²) in [7, 11) is 3.19. The number of aryl methyl sites for hydroxylation is 1. The average molecular weight is 417 g/mol. The van der Waals surface area contributed by atoms with Crippen LogP contribution in [0.5, 0.6) is 11.5 Å². The van der Waals surface area contributed by atoms with E-state index in [0.717, 1.165) is 11.1 Å². The molecule has 1 atom stereocenters. The number of carbonyl (C=O) groups excluding carboxylic acids is 2. The highest BCUT2D eigenvalue weighted by molar-refractivity contribution is 6.31. The van der Waals surface area contributed by atoms with Crippen molar-refractivity contribution in [2.24, 2.45) is 5.92 Å². The van der Waals surface area contributed by atoms with Crippen molar-refractivity contribution in [1.82, 2.24) is 4.90 Å². The van der Waals surface area contributed by atoms with E-state index in [1.54, 1.807) is 31.3 Å². The number of amides is 2. The number of nitrogens with one attached hydrogen (secondary N) is 1. The van der Waals surface area contributed by atoms with Gasteiger partial charge in [0, 0.05) is 30.2 Å². The normalized spacial score (nSPS) is 16.1. The van der Waals surface area contributed by atoms with E-state index in [-0.39, 0.29) is 24.2 Å². The predicted molar refractivity (Wildman–Crippen MR) is 113 cm³/mol. The summed E-state index contributed by atoms with van der Waals surface area (Å²) >= 11 is 6.02. The quantitative estimate of drug-likeness (QED) is 0.747. The molecular weight excluding hydrogens is 392 g/mol. The highest BCUT2D eigenvalue weighted by Crippen LogP contribution is 2.28. The summed E-state index contributed by atoms with van der Waals surface area (Å²) in [5, 5.41) is 3.46. The number of likely N-dealkylation sites (tertiary alicyclic amines) is 1. The Bertz CT molecular complexity index is 916. The molecular formula is C22H25ClN2O4. The average Bonchev–Trinajstić information content (AvgIpc) is 3.09. The molecule has 3 rings (SSSR count). The minimum absolute atomic E-state index is 0.00607. The summed E-state index contributed by atoms with van der Waals surface area (Å²) in [6.45, 7) is 2.87. The number of methoxy groups -OCH3 is 2. The zero-order valence-corrected chi connectivity index (χ0v) is 17.6. The Labute approximate surface area is 175 Å². The zero-order valence-electron chi connectivity index (χ0n) is 16.8. The summed E-state index contributed by atoms with van der Waals surface area (Å²) in [5.74, 6) is 0.797. The van der Waals surface area contributed by atoms with Crippen LogP contribution in [0.3, 0.4) is 0 Å². The molecule has 0 bridgehead atoms. The van der Waals surface area contributed by atoms with Crippen LogP contribution in [0.2, 0.25) is 5.02 Å². The Morgan fingerprint density at radius 1 is 1.17 bits per heavy atom. The number of nitrogens with zero attached hydrogens (tertiary/aromatic N) is 1. The Morgan fingerprint density at radius 2 is 1.93 bits per heavy atom. The van der Waals surface area contributed by atoms with E-state index in [1.807, 2.05) is 31.2 Å². The van der Waals surface area contributed by atoms with E-state index >= 15 is 0 Å². The molecule has 154 valence electrons. The van der Waals surface area contributed by atoms with Crippen LogP contribution in [0, 0.1) is 12.8 Å². The summed E-state index contributed by atoms with van der Waals surface area (Å²) in [5.41, 5.74) is 2.65. The van der Waals surface area contributed by atoms with E-state index < -0.39 is 0 Å². The smallest absolute Gasteiger partial charge is 0.229 e. The van der Waals surface area contributed by atoms with Crippen LogP contribution in [0.15, 0.2) is 36.4 Å². The van der Waals surface area contributed by atoms with E-state index in [2.05, 4.69) is 5.32 Å². The molecule has 1 heterocycles. The van der Waals surface area contributed by atoms with Crippen molar-refractivity contribution in [2.75, 3.05) is 32.6 Å². The van der Waals surface area contributed by atoms with Crippen molar-refractivity contribution in [2.45, 2.75) is 19.8 Å². The topological polar surface area (TPSA) is 67.9 Å². The van der Waals surface area contributed by atoms with Crippen LogP contribution >= 0.6 is 11.6 Å². The zero-order chi connectivity index (χ0) is 21.0. The molecule has 6 nitrogen and oxygen atoms in total. The number of halogens is 1. The maximum absolute atomic E-state index is 12.6. The minimum Gasteiger partial charge on any atom is -0.493 e. The fraction of sp³-hybridized carbons (Fsp3) is 0.364. The van der Waals surface area contributed by atoms with Gasteiger partial charge in [0.15, 0.2) is 11.5 Å². The van der Waals surface area contributed by atoms with Gasteiger partial charge in [-0.2, -0.15) is 0 Å². The molecule has 0 aliphatic carbocycles. The van der Waals surface area contributed by atoms with Gasteiger partial charge < -0.3 is 19.7 Å². The summed E-state index contributed by atoms with van der Waals surface area (Å²) in [6.07, 6.45) is 0.894. The van der Waals surface area contributed by atoms with Crippen LogP contribution in [-0.4, -0.2) is 44.0 Å². The number of benzene rings is 2. The predicted octanol–water partition coefficient (Wildman–Crippen LogP) is 3.70. The fourth-order valence-electron chi connectivity index (χ4n) is 3.43. The second kappa shape index (κ2) is 9.18. The van der Waals surface area contributed by atoms with Gasteiger partial charge in [0.25, 0.3) is 0 Å². The van der Waals surface area contributed by atoms with Crippen LogP contribution in [0.25, 0.3) is 0 Å². The van der Waals surface area contributed by atoms with Crippen molar-refractivity contribution >= 4 is 29.1 Å². The van der Waals surface area contributed by atoms with Crippen LogP contribution in [0.1, 0.15) is 17.5 Å². The number of rotatable bonds is 7. The number of carbonyl (C=O) groups is 2. The maximum atomic E-state index is 12.6. The third-order valence-electron chi connectivity index (χ3n) is 5.16. The molecule has 7 heteroatoms. The highest BCUT2D eigenvalue weighted by Gasteiger charge is 2.34. The molecule has 0 spiro atoms. The standard InChI is InChI=1S/C22H25ClN2O4/c1-14-4-6-17(23)12-18(14)24-22(27)16-11-21(26)25(13-16)9-8-15-5-7-19(28-2)20(10-15)29-3/h4-7,10,12,16H,8-9,11,13H2,1-3H3,(H,24,27). The van der Waals surface area contributed by atoms with Crippen LogP contribution in [0.4, 0.5) is 5.69 Å². The molecule has 2 amide bonds. The first kappa shape index (κ1) is 21.0. The monoisotopic (exact) mass is 416 g/mol. The third-order valence-corrected chi connectivity index (χ3v) is 5.40. The third kappa shape index (κ3) is 5.01. The highest BCUT2D eigenvalue weighted by atomic mass is 35.5. The second-order valence-electron chi connectivity index (χ2n) is 7.13. The maximum Gasteiger partial charge on any atom is 0.229 e. The molecule has 2 aromatic rings. The van der Waals surface area contributed by atoms with Gasteiger partial charge >= 0.3 is 0 Å². The van der Waals surface area contributed by atoms with Crippen molar-refractivity contribution in [3.05, 3.63) is 52.5 Å². The SMILES string of the molecule is COc1ccc(CCN2CC(C(=O)Nc3cc(Cl)ccc3C)CC2=O)cc1OC. The van der Waals surface area contributed by atoms with Crippen molar-refractivity contribution in [3.63, 3.8) is 0 Å². The minimum atomic E-state index is -0.369. The molecule has 2 aromatic carbocycles. The van der Waals surface area contributed by atoms with Gasteiger partial charge in [-0.05, 0) is 48.7 Å². The van der Waals surface area contributed by atoms with Gasteiger partial charge in [-0.3, -0.25) is 9.59 Å². The summed E-state index contributed by atoms with van der Waals surface area (Å²) < 4.78 is 10.6.